The fourth-order valence-corrected chi connectivity index (χ4v) is 2.18. The number of thiophene rings is 1. The van der Waals surface area contributed by atoms with E-state index >= 15 is 0 Å². The summed E-state index contributed by atoms with van der Waals surface area (Å²) in [4.78, 5) is 11.5. The Morgan fingerprint density at radius 3 is 2.82 bits per heavy atom. The molecule has 17 heavy (non-hydrogen) atoms. The molecule has 0 aliphatic carbocycles. The lowest BCUT2D eigenvalue weighted by atomic mass is 10.2. The first-order valence-electron chi connectivity index (χ1n) is 4.96. The van der Waals surface area contributed by atoms with Gasteiger partial charge < -0.3 is 5.73 Å². The van der Waals surface area contributed by atoms with E-state index in [2.05, 4.69) is 17.9 Å². The summed E-state index contributed by atoms with van der Waals surface area (Å²) in [6.45, 7) is 2.84. The zero-order valence-electron chi connectivity index (χ0n) is 9.46. The predicted octanol–water partition coefficient (Wildman–Crippen LogP) is 1.98. The Labute approximate surface area is 104 Å². The quantitative estimate of drug-likeness (QED) is 0.843. The molecule has 0 spiro atoms. The van der Waals surface area contributed by atoms with Gasteiger partial charge >= 0.3 is 0 Å². The Bertz CT molecular complexity index is 525. The number of hydrogen-bond donors (Lipinski definition) is 1. The maximum Gasteiger partial charge on any atom is 0.258 e. The number of terminal acetylenes is 1. The monoisotopic (exact) mass is 247 g/mol. The van der Waals surface area contributed by atoms with Crippen LogP contribution in [0.25, 0.3) is 11.3 Å². The maximum absolute atomic E-state index is 10.9. The molecular formula is C12H13N3OS. The minimum atomic E-state index is -0.381. The summed E-state index contributed by atoms with van der Waals surface area (Å²) in [5.74, 6) is -0.381. The van der Waals surface area contributed by atoms with Gasteiger partial charge in [-0.05, 0) is 19.1 Å². The first-order chi connectivity index (χ1) is 8.22. The normalized spacial score (nSPS) is 9.35. The molecular weight excluding hydrogens is 234 g/mol. The van der Waals surface area contributed by atoms with Crippen LogP contribution in [0, 0.1) is 12.8 Å². The van der Waals surface area contributed by atoms with Gasteiger partial charge in [-0.2, -0.15) is 5.10 Å². The van der Waals surface area contributed by atoms with Crippen LogP contribution in [0.1, 0.15) is 16.6 Å². The topological polar surface area (TPSA) is 60.9 Å². The highest BCUT2D eigenvalue weighted by Gasteiger charge is 2.09. The van der Waals surface area contributed by atoms with Crippen molar-refractivity contribution in [1.82, 2.24) is 9.78 Å². The van der Waals surface area contributed by atoms with Crippen LogP contribution >= 0.6 is 11.3 Å². The van der Waals surface area contributed by atoms with Crippen molar-refractivity contribution in [2.75, 3.05) is 0 Å². The van der Waals surface area contributed by atoms with Crippen LogP contribution in [0.4, 0.5) is 0 Å². The molecule has 0 saturated carbocycles. The van der Waals surface area contributed by atoms with E-state index in [-0.39, 0.29) is 5.91 Å². The lowest BCUT2D eigenvalue weighted by Gasteiger charge is -2.00. The number of carbonyl (C=O) groups is 1. The van der Waals surface area contributed by atoms with Gasteiger partial charge in [0.2, 0.25) is 0 Å². The van der Waals surface area contributed by atoms with Crippen LogP contribution in [0.3, 0.4) is 0 Å². The largest absolute Gasteiger partial charge is 0.365 e. The summed E-state index contributed by atoms with van der Waals surface area (Å²) < 4.78 is 1.88. The molecule has 4 nitrogen and oxygen atoms in total. The summed E-state index contributed by atoms with van der Waals surface area (Å²) in [6.07, 6.45) is 9.75. The molecule has 0 saturated heterocycles. The molecule has 88 valence electrons. The van der Waals surface area contributed by atoms with E-state index in [0.29, 0.717) is 4.88 Å². The van der Waals surface area contributed by atoms with Gasteiger partial charge in [0.15, 0.2) is 0 Å². The van der Waals surface area contributed by atoms with Gasteiger partial charge in [-0.25, -0.2) is 0 Å². The lowest BCUT2D eigenvalue weighted by Crippen LogP contribution is -2.08. The fourth-order valence-electron chi connectivity index (χ4n) is 1.43. The van der Waals surface area contributed by atoms with E-state index in [1.54, 1.807) is 12.3 Å². The molecule has 0 aromatic carbocycles. The molecule has 2 aromatic rings. The van der Waals surface area contributed by atoms with E-state index in [9.17, 15) is 4.79 Å². The number of carbonyl (C=O) groups excluding carboxylic acids is 1. The predicted molar refractivity (Wildman–Crippen MR) is 69.6 cm³/mol. The number of nitrogens with two attached hydrogens (primary N) is 1. The Morgan fingerprint density at radius 2 is 2.29 bits per heavy atom. The Hall–Kier alpha value is -2.06. The highest BCUT2D eigenvalue weighted by molar-refractivity contribution is 7.12. The Kier molecular flexibility index (Phi) is 4.49. The second-order valence-electron chi connectivity index (χ2n) is 3.10. The van der Waals surface area contributed by atoms with E-state index < -0.39 is 0 Å². The third kappa shape index (κ3) is 2.74. The van der Waals surface area contributed by atoms with Crippen molar-refractivity contribution in [2.24, 2.45) is 5.73 Å². The van der Waals surface area contributed by atoms with E-state index in [1.807, 2.05) is 23.1 Å². The number of aromatic nitrogens is 2. The van der Waals surface area contributed by atoms with Crippen LogP contribution in [0.15, 0.2) is 23.7 Å². The summed E-state index contributed by atoms with van der Waals surface area (Å²) >= 11 is 1.36. The zero-order chi connectivity index (χ0) is 12.8. The number of hydrogen-bond acceptors (Lipinski definition) is 3. The van der Waals surface area contributed by atoms with Crippen LogP contribution in [-0.2, 0) is 6.54 Å². The average molecular weight is 247 g/mol. The molecule has 0 bridgehead atoms. The number of amides is 1. The molecule has 0 aliphatic rings. The number of primary amides is 1. The molecule has 2 N–H and O–H groups in total. The summed E-state index contributed by atoms with van der Waals surface area (Å²) in [6, 6.07) is 3.73. The third-order valence-corrected chi connectivity index (χ3v) is 3.10. The second-order valence-corrected chi connectivity index (χ2v) is 4.01. The zero-order valence-corrected chi connectivity index (χ0v) is 10.3. The molecule has 0 radical (unpaired) electrons. The van der Waals surface area contributed by atoms with Gasteiger partial charge in [0.1, 0.15) is 0 Å². The lowest BCUT2D eigenvalue weighted by molar-refractivity contribution is 0.100. The first-order valence-corrected chi connectivity index (χ1v) is 5.84. The first kappa shape index (κ1) is 13.0. The smallest absolute Gasteiger partial charge is 0.258 e. The molecule has 1 amide bonds. The van der Waals surface area contributed by atoms with Crippen molar-refractivity contribution in [1.29, 1.82) is 0 Å². The summed E-state index contributed by atoms with van der Waals surface area (Å²) in [5, 5.41) is 6.09. The van der Waals surface area contributed by atoms with Crippen molar-refractivity contribution in [2.45, 2.75) is 13.5 Å². The molecule has 0 unspecified atom stereocenters. The standard InChI is InChI=1S/C10H11N3OS.C2H2/c1-2-13-8(3-4-12-13)7-5-9(10(11)14)15-6-7;1-2/h3-6H,2H2,1H3,(H2,11,14);1-2H. The molecule has 5 heteroatoms. The van der Waals surface area contributed by atoms with E-state index in [4.69, 9.17) is 5.73 Å². The highest BCUT2D eigenvalue weighted by atomic mass is 32.1. The fraction of sp³-hybridized carbons (Fsp3) is 0.167. The number of nitrogens with zero attached hydrogens (tertiary/aromatic N) is 2. The van der Waals surface area contributed by atoms with Gasteiger partial charge in [0.05, 0.1) is 10.6 Å². The highest BCUT2D eigenvalue weighted by Crippen LogP contribution is 2.25. The van der Waals surface area contributed by atoms with Crippen LogP contribution in [0.5, 0.6) is 0 Å². The van der Waals surface area contributed by atoms with Crippen molar-refractivity contribution < 1.29 is 4.79 Å². The van der Waals surface area contributed by atoms with Gasteiger partial charge in [0.25, 0.3) is 5.91 Å². The van der Waals surface area contributed by atoms with Crippen molar-refractivity contribution in [3.63, 3.8) is 0 Å². The Morgan fingerprint density at radius 1 is 1.59 bits per heavy atom. The van der Waals surface area contributed by atoms with Crippen molar-refractivity contribution in [3.8, 4) is 24.1 Å². The summed E-state index contributed by atoms with van der Waals surface area (Å²) in [5.41, 5.74) is 7.21. The van der Waals surface area contributed by atoms with Gasteiger partial charge in [-0.3, -0.25) is 9.48 Å². The van der Waals surface area contributed by atoms with Gasteiger partial charge in [0, 0.05) is 23.7 Å². The van der Waals surface area contributed by atoms with Gasteiger partial charge in [-0.15, -0.1) is 24.2 Å². The SMILES string of the molecule is C#C.CCn1nccc1-c1csc(C(N)=O)c1. The molecule has 0 fully saturated rings. The second kappa shape index (κ2) is 5.87. The van der Waals surface area contributed by atoms with Gasteiger partial charge in [-0.1, -0.05) is 0 Å². The molecule has 0 atom stereocenters. The Balaban J connectivity index is 0.000000686. The molecule has 2 heterocycles. The number of rotatable bonds is 3. The molecule has 2 rings (SSSR count). The minimum absolute atomic E-state index is 0.381. The maximum atomic E-state index is 10.9. The van der Waals surface area contributed by atoms with Crippen molar-refractivity contribution >= 4 is 17.2 Å². The molecule has 0 aliphatic heterocycles. The van der Waals surface area contributed by atoms with Crippen LogP contribution in [0.2, 0.25) is 0 Å². The van der Waals surface area contributed by atoms with Crippen LogP contribution < -0.4 is 5.73 Å². The summed E-state index contributed by atoms with van der Waals surface area (Å²) in [7, 11) is 0. The average Bonchev–Trinajstić information content (AvgIpc) is 2.99. The van der Waals surface area contributed by atoms with Crippen molar-refractivity contribution in [3.05, 3.63) is 28.6 Å². The van der Waals surface area contributed by atoms with E-state index in [0.717, 1.165) is 17.8 Å². The third-order valence-electron chi connectivity index (χ3n) is 2.15. The van der Waals surface area contributed by atoms with Crippen LogP contribution in [-0.4, -0.2) is 15.7 Å². The van der Waals surface area contributed by atoms with E-state index in [1.165, 1.54) is 11.3 Å². The minimum Gasteiger partial charge on any atom is -0.365 e. The number of aryl methyl sites for hydroxylation is 1. The molecule has 2 aromatic heterocycles.